The number of carbonyl (C=O) groups excluding carboxylic acids is 3. The summed E-state index contributed by atoms with van der Waals surface area (Å²) in [5, 5.41) is 15.6. The van der Waals surface area contributed by atoms with Gasteiger partial charge in [0.15, 0.2) is 0 Å². The molecule has 1 fully saturated rings. The number of hydrazine groups is 1. The second-order valence-corrected chi connectivity index (χ2v) is 9.25. The second kappa shape index (κ2) is 9.64. The lowest BCUT2D eigenvalue weighted by atomic mass is 9.93. The van der Waals surface area contributed by atoms with Crippen LogP contribution in [-0.2, 0) is 16.0 Å². The molecular weight excluding hydrogens is 454 g/mol. The van der Waals surface area contributed by atoms with Crippen molar-refractivity contribution >= 4 is 29.6 Å². The van der Waals surface area contributed by atoms with E-state index in [4.69, 9.17) is 0 Å². The van der Waals surface area contributed by atoms with E-state index < -0.39 is 23.4 Å². The van der Waals surface area contributed by atoms with Crippen LogP contribution in [0, 0.1) is 13.8 Å². The largest absolute Gasteiger partial charge is 0.344 e. The lowest BCUT2D eigenvalue weighted by Gasteiger charge is -2.21. The third-order valence-corrected chi connectivity index (χ3v) is 6.75. The Bertz CT molecular complexity index is 1230. The minimum Gasteiger partial charge on any atom is -0.322 e. The van der Waals surface area contributed by atoms with Crippen molar-refractivity contribution < 1.29 is 14.4 Å². The normalized spacial score (nSPS) is 17.7. The van der Waals surface area contributed by atoms with Gasteiger partial charge in [0.1, 0.15) is 5.54 Å². The minimum atomic E-state index is -1.10. The number of tetrazole rings is 1. The molecule has 1 atom stereocenters. The highest BCUT2D eigenvalue weighted by Crippen LogP contribution is 2.24. The molecule has 34 heavy (non-hydrogen) atoms. The van der Waals surface area contributed by atoms with Crippen molar-refractivity contribution in [3.63, 3.8) is 0 Å². The summed E-state index contributed by atoms with van der Waals surface area (Å²) in [6.45, 7) is 5.63. The Morgan fingerprint density at radius 3 is 2.65 bits per heavy atom. The summed E-state index contributed by atoms with van der Waals surface area (Å²) < 4.78 is 1.56. The zero-order chi connectivity index (χ0) is 24.3. The number of urea groups is 1. The highest BCUT2D eigenvalue weighted by molar-refractivity contribution is 7.99. The van der Waals surface area contributed by atoms with Crippen LogP contribution in [0.4, 0.5) is 4.79 Å². The molecular formula is C23H25N7O3S. The molecule has 0 aliphatic carbocycles. The van der Waals surface area contributed by atoms with Gasteiger partial charge in [-0.05, 0) is 66.8 Å². The molecule has 11 heteroatoms. The fourth-order valence-corrected chi connectivity index (χ4v) is 4.34. The van der Waals surface area contributed by atoms with Gasteiger partial charge in [0, 0.05) is 0 Å². The third kappa shape index (κ3) is 4.79. The van der Waals surface area contributed by atoms with Gasteiger partial charge < -0.3 is 5.32 Å². The van der Waals surface area contributed by atoms with Crippen LogP contribution in [0.2, 0.25) is 0 Å². The van der Waals surface area contributed by atoms with Gasteiger partial charge in [-0.15, -0.1) is 5.10 Å². The maximum Gasteiger partial charge on any atom is 0.344 e. The average molecular weight is 480 g/mol. The Morgan fingerprint density at radius 1 is 1.12 bits per heavy atom. The predicted molar refractivity (Wildman–Crippen MR) is 126 cm³/mol. The number of imide groups is 1. The minimum absolute atomic E-state index is 0.0803. The highest BCUT2D eigenvalue weighted by Gasteiger charge is 2.48. The van der Waals surface area contributed by atoms with E-state index in [1.807, 2.05) is 62.4 Å². The van der Waals surface area contributed by atoms with Crippen LogP contribution >= 0.6 is 11.8 Å². The van der Waals surface area contributed by atoms with Gasteiger partial charge in [-0.25, -0.2) is 4.79 Å². The molecule has 0 radical (unpaired) electrons. The molecule has 4 rings (SSSR count). The Balaban J connectivity index is 1.37. The Morgan fingerprint density at radius 2 is 1.88 bits per heavy atom. The number of nitrogens with zero attached hydrogens (tertiary/aromatic N) is 5. The third-order valence-electron chi connectivity index (χ3n) is 5.83. The quantitative estimate of drug-likeness (QED) is 0.376. The lowest BCUT2D eigenvalue weighted by Crippen LogP contribution is -2.49. The summed E-state index contributed by atoms with van der Waals surface area (Å²) >= 11 is 1.11. The number of aryl methyl sites for hydroxylation is 2. The van der Waals surface area contributed by atoms with Crippen molar-refractivity contribution in [1.29, 1.82) is 0 Å². The fourth-order valence-electron chi connectivity index (χ4n) is 3.67. The number of amides is 4. The van der Waals surface area contributed by atoms with Crippen molar-refractivity contribution in [2.45, 2.75) is 44.3 Å². The van der Waals surface area contributed by atoms with Crippen LogP contribution in [0.5, 0.6) is 0 Å². The van der Waals surface area contributed by atoms with E-state index in [1.54, 1.807) is 11.6 Å². The molecule has 2 heterocycles. The number of nitrogens with one attached hydrogen (secondary N) is 2. The van der Waals surface area contributed by atoms with Gasteiger partial charge in [-0.3, -0.25) is 15.0 Å². The van der Waals surface area contributed by atoms with Crippen LogP contribution in [0.1, 0.15) is 30.0 Å². The molecule has 4 amide bonds. The molecule has 1 aliphatic rings. The number of benzene rings is 2. The van der Waals surface area contributed by atoms with E-state index in [0.717, 1.165) is 39.1 Å². The highest BCUT2D eigenvalue weighted by atomic mass is 32.2. The maximum atomic E-state index is 12.9. The Kier molecular flexibility index (Phi) is 6.64. The Hall–Kier alpha value is -3.73. The van der Waals surface area contributed by atoms with E-state index in [1.165, 1.54) is 0 Å². The first-order chi connectivity index (χ1) is 16.3. The molecule has 1 saturated heterocycles. The molecule has 0 saturated carbocycles. The SMILES string of the molecule is Cc1cccc(-n2nnnc2SCC(=O)NN2C(=O)N[C@@](C)(CCc3ccccc3)C2=O)c1C. The summed E-state index contributed by atoms with van der Waals surface area (Å²) in [5.74, 6) is -1.09. The van der Waals surface area contributed by atoms with Crippen molar-refractivity contribution in [2.24, 2.45) is 0 Å². The van der Waals surface area contributed by atoms with Crippen LogP contribution in [0.25, 0.3) is 5.69 Å². The molecule has 176 valence electrons. The standard InChI is InChI=1S/C23H25N7O3S/c1-15-8-7-11-18(16(15)2)29-22(25-27-28-29)34-14-19(31)26-30-20(32)23(3,24-21(30)33)13-12-17-9-5-4-6-10-17/h4-11H,12-14H2,1-3H3,(H,24,33)(H,26,31)/t23-/m0/s1. The number of hydrogen-bond acceptors (Lipinski definition) is 7. The van der Waals surface area contributed by atoms with Crippen LogP contribution in [0.3, 0.4) is 0 Å². The number of thioether (sulfide) groups is 1. The molecule has 2 N–H and O–H groups in total. The number of carbonyl (C=O) groups is 3. The fraction of sp³-hybridized carbons (Fsp3) is 0.304. The molecule has 2 aromatic carbocycles. The van der Waals surface area contributed by atoms with Gasteiger partial charge in [-0.2, -0.15) is 9.69 Å². The van der Waals surface area contributed by atoms with E-state index in [0.29, 0.717) is 18.0 Å². The first-order valence-electron chi connectivity index (χ1n) is 10.8. The molecule has 0 bridgehead atoms. The average Bonchev–Trinajstić information content (AvgIpc) is 3.37. The lowest BCUT2D eigenvalue weighted by molar-refractivity contribution is -0.138. The molecule has 0 unspecified atom stereocenters. The Labute approximate surface area is 201 Å². The summed E-state index contributed by atoms with van der Waals surface area (Å²) in [6.07, 6.45) is 1.02. The number of aromatic nitrogens is 4. The summed E-state index contributed by atoms with van der Waals surface area (Å²) in [4.78, 5) is 37.9. The van der Waals surface area contributed by atoms with Crippen molar-refractivity contribution in [1.82, 2.24) is 36.0 Å². The van der Waals surface area contributed by atoms with Crippen LogP contribution in [0.15, 0.2) is 53.7 Å². The van der Waals surface area contributed by atoms with E-state index in [-0.39, 0.29) is 5.75 Å². The van der Waals surface area contributed by atoms with E-state index in [9.17, 15) is 14.4 Å². The zero-order valence-electron chi connectivity index (χ0n) is 19.1. The van der Waals surface area contributed by atoms with E-state index in [2.05, 4.69) is 26.3 Å². The predicted octanol–water partition coefficient (Wildman–Crippen LogP) is 2.35. The first kappa shape index (κ1) is 23.4. The van der Waals surface area contributed by atoms with Gasteiger partial charge in [0.2, 0.25) is 11.1 Å². The summed E-state index contributed by atoms with van der Waals surface area (Å²) in [5.41, 5.74) is 5.30. The van der Waals surface area contributed by atoms with Crippen LogP contribution < -0.4 is 10.7 Å². The maximum absolute atomic E-state index is 12.9. The monoisotopic (exact) mass is 479 g/mol. The smallest absolute Gasteiger partial charge is 0.322 e. The van der Waals surface area contributed by atoms with Crippen molar-refractivity contribution in [3.05, 3.63) is 65.2 Å². The number of rotatable bonds is 8. The van der Waals surface area contributed by atoms with Gasteiger partial charge in [0.25, 0.3) is 5.91 Å². The summed E-state index contributed by atoms with van der Waals surface area (Å²) in [6, 6.07) is 14.8. The molecule has 10 nitrogen and oxygen atoms in total. The molecule has 1 aromatic heterocycles. The molecule has 3 aromatic rings. The summed E-state index contributed by atoms with van der Waals surface area (Å²) in [7, 11) is 0. The van der Waals surface area contributed by atoms with Crippen molar-refractivity contribution in [2.75, 3.05) is 5.75 Å². The van der Waals surface area contributed by atoms with E-state index >= 15 is 0 Å². The molecule has 1 aliphatic heterocycles. The van der Waals surface area contributed by atoms with Crippen LogP contribution in [-0.4, -0.2) is 54.4 Å². The topological polar surface area (TPSA) is 122 Å². The number of hydrogen-bond donors (Lipinski definition) is 2. The second-order valence-electron chi connectivity index (χ2n) is 8.30. The molecule has 0 spiro atoms. The van der Waals surface area contributed by atoms with Gasteiger partial charge in [0.05, 0.1) is 11.4 Å². The van der Waals surface area contributed by atoms with Gasteiger partial charge >= 0.3 is 6.03 Å². The first-order valence-corrected chi connectivity index (χ1v) is 11.7. The van der Waals surface area contributed by atoms with Crippen molar-refractivity contribution in [3.8, 4) is 5.69 Å². The van der Waals surface area contributed by atoms with Gasteiger partial charge in [-0.1, -0.05) is 54.2 Å². The zero-order valence-corrected chi connectivity index (χ0v) is 19.9.